The standard InChI is InChI=1S/C11H23NO/c1-4-13-11-7-10(8-11)5-6-12-9(2)3/h9-12H,4-8H2,1-3H3. The molecule has 78 valence electrons. The second-order valence-corrected chi connectivity index (χ2v) is 4.31. The van der Waals surface area contributed by atoms with Crippen LogP contribution in [-0.4, -0.2) is 25.3 Å². The molecule has 0 atom stereocenters. The molecule has 1 aliphatic carbocycles. The van der Waals surface area contributed by atoms with Crippen LogP contribution in [-0.2, 0) is 4.74 Å². The van der Waals surface area contributed by atoms with E-state index in [0.717, 1.165) is 12.5 Å². The van der Waals surface area contributed by atoms with Crippen molar-refractivity contribution in [3.63, 3.8) is 0 Å². The summed E-state index contributed by atoms with van der Waals surface area (Å²) in [4.78, 5) is 0. The molecule has 0 radical (unpaired) electrons. The van der Waals surface area contributed by atoms with Crippen molar-refractivity contribution in [2.24, 2.45) is 5.92 Å². The Balaban J connectivity index is 1.90. The minimum Gasteiger partial charge on any atom is -0.378 e. The highest BCUT2D eigenvalue weighted by Gasteiger charge is 2.28. The Morgan fingerprint density at radius 3 is 2.62 bits per heavy atom. The Morgan fingerprint density at radius 2 is 2.08 bits per heavy atom. The van der Waals surface area contributed by atoms with Gasteiger partial charge in [-0.1, -0.05) is 13.8 Å². The first kappa shape index (κ1) is 11.0. The zero-order valence-corrected chi connectivity index (χ0v) is 9.18. The van der Waals surface area contributed by atoms with E-state index in [1.807, 2.05) is 0 Å². The molecule has 2 heteroatoms. The lowest BCUT2D eigenvalue weighted by Gasteiger charge is -2.35. The van der Waals surface area contributed by atoms with Crippen LogP contribution >= 0.6 is 0 Å². The van der Waals surface area contributed by atoms with E-state index < -0.39 is 0 Å². The fourth-order valence-corrected chi connectivity index (χ4v) is 1.86. The van der Waals surface area contributed by atoms with Gasteiger partial charge in [-0.15, -0.1) is 0 Å². The van der Waals surface area contributed by atoms with Gasteiger partial charge in [0, 0.05) is 12.6 Å². The van der Waals surface area contributed by atoms with Gasteiger partial charge in [0.2, 0.25) is 0 Å². The largest absolute Gasteiger partial charge is 0.378 e. The first-order valence-electron chi connectivity index (χ1n) is 5.57. The topological polar surface area (TPSA) is 21.3 Å². The molecule has 0 bridgehead atoms. The van der Waals surface area contributed by atoms with E-state index in [2.05, 4.69) is 26.1 Å². The molecule has 0 spiro atoms. The molecule has 1 saturated carbocycles. The second-order valence-electron chi connectivity index (χ2n) is 4.31. The summed E-state index contributed by atoms with van der Waals surface area (Å²) >= 11 is 0. The normalized spacial score (nSPS) is 27.7. The summed E-state index contributed by atoms with van der Waals surface area (Å²) < 4.78 is 5.52. The van der Waals surface area contributed by atoms with Crippen LogP contribution in [0.25, 0.3) is 0 Å². The quantitative estimate of drug-likeness (QED) is 0.685. The molecule has 0 aliphatic heterocycles. The molecule has 0 aromatic carbocycles. The van der Waals surface area contributed by atoms with E-state index in [1.165, 1.54) is 25.8 Å². The molecule has 0 amide bonds. The van der Waals surface area contributed by atoms with Crippen LogP contribution < -0.4 is 5.32 Å². The van der Waals surface area contributed by atoms with Gasteiger partial charge in [-0.25, -0.2) is 0 Å². The summed E-state index contributed by atoms with van der Waals surface area (Å²) in [6.07, 6.45) is 4.47. The maximum absolute atomic E-state index is 5.52. The summed E-state index contributed by atoms with van der Waals surface area (Å²) in [5.74, 6) is 0.919. The van der Waals surface area contributed by atoms with Crippen LogP contribution in [0.2, 0.25) is 0 Å². The van der Waals surface area contributed by atoms with Crippen LogP contribution in [0.1, 0.15) is 40.0 Å². The number of nitrogens with one attached hydrogen (secondary N) is 1. The molecular weight excluding hydrogens is 162 g/mol. The van der Waals surface area contributed by atoms with Crippen LogP contribution in [0.15, 0.2) is 0 Å². The SMILES string of the molecule is CCOC1CC(CCNC(C)C)C1. The van der Waals surface area contributed by atoms with Crippen molar-refractivity contribution in [3.05, 3.63) is 0 Å². The highest BCUT2D eigenvalue weighted by Crippen LogP contribution is 2.32. The number of rotatable bonds is 6. The third-order valence-electron chi connectivity index (χ3n) is 2.70. The molecular formula is C11H23NO. The number of hydrogen-bond donors (Lipinski definition) is 1. The summed E-state index contributed by atoms with van der Waals surface area (Å²) in [5.41, 5.74) is 0. The zero-order valence-electron chi connectivity index (χ0n) is 9.18. The van der Waals surface area contributed by atoms with Gasteiger partial charge in [0.25, 0.3) is 0 Å². The van der Waals surface area contributed by atoms with E-state index in [0.29, 0.717) is 12.1 Å². The van der Waals surface area contributed by atoms with Crippen LogP contribution in [0, 0.1) is 5.92 Å². The van der Waals surface area contributed by atoms with Crippen molar-refractivity contribution < 1.29 is 4.74 Å². The summed E-state index contributed by atoms with van der Waals surface area (Å²) in [5, 5.41) is 3.45. The van der Waals surface area contributed by atoms with E-state index in [-0.39, 0.29) is 0 Å². The highest BCUT2D eigenvalue weighted by atomic mass is 16.5. The minimum absolute atomic E-state index is 0.578. The van der Waals surface area contributed by atoms with Crippen molar-refractivity contribution in [1.82, 2.24) is 5.32 Å². The molecule has 1 fully saturated rings. The monoisotopic (exact) mass is 185 g/mol. The maximum Gasteiger partial charge on any atom is 0.0580 e. The van der Waals surface area contributed by atoms with Gasteiger partial charge in [-0.05, 0) is 38.6 Å². The summed E-state index contributed by atoms with van der Waals surface area (Å²) in [6.45, 7) is 8.52. The van der Waals surface area contributed by atoms with Crippen LogP contribution in [0.5, 0.6) is 0 Å². The molecule has 0 saturated heterocycles. The lowest BCUT2D eigenvalue weighted by Crippen LogP contribution is -2.34. The predicted molar refractivity (Wildman–Crippen MR) is 55.9 cm³/mol. The Morgan fingerprint density at radius 1 is 1.38 bits per heavy atom. The van der Waals surface area contributed by atoms with Gasteiger partial charge < -0.3 is 10.1 Å². The van der Waals surface area contributed by atoms with E-state index in [9.17, 15) is 0 Å². The third kappa shape index (κ3) is 4.10. The van der Waals surface area contributed by atoms with Gasteiger partial charge in [0.1, 0.15) is 0 Å². The molecule has 0 aromatic rings. The Hall–Kier alpha value is -0.0800. The molecule has 0 unspecified atom stereocenters. The minimum atomic E-state index is 0.578. The van der Waals surface area contributed by atoms with Crippen LogP contribution in [0.3, 0.4) is 0 Å². The van der Waals surface area contributed by atoms with Crippen molar-refractivity contribution in [2.45, 2.75) is 52.2 Å². The number of hydrogen-bond acceptors (Lipinski definition) is 2. The zero-order chi connectivity index (χ0) is 9.68. The Labute approximate surface area is 82.0 Å². The fraction of sp³-hybridized carbons (Fsp3) is 1.00. The predicted octanol–water partition coefficient (Wildman–Crippen LogP) is 2.19. The van der Waals surface area contributed by atoms with Crippen molar-refractivity contribution in [3.8, 4) is 0 Å². The van der Waals surface area contributed by atoms with Crippen molar-refractivity contribution >= 4 is 0 Å². The first-order chi connectivity index (χ1) is 6.22. The van der Waals surface area contributed by atoms with Gasteiger partial charge in [-0.2, -0.15) is 0 Å². The summed E-state index contributed by atoms with van der Waals surface area (Å²) in [7, 11) is 0. The molecule has 2 nitrogen and oxygen atoms in total. The lowest BCUT2D eigenvalue weighted by molar-refractivity contribution is -0.0263. The van der Waals surface area contributed by atoms with E-state index >= 15 is 0 Å². The van der Waals surface area contributed by atoms with Gasteiger partial charge in [0.05, 0.1) is 6.10 Å². The molecule has 0 aromatic heterocycles. The molecule has 1 rings (SSSR count). The Kier molecular flexibility index (Phi) is 4.74. The average molecular weight is 185 g/mol. The molecule has 13 heavy (non-hydrogen) atoms. The van der Waals surface area contributed by atoms with Crippen molar-refractivity contribution in [1.29, 1.82) is 0 Å². The van der Waals surface area contributed by atoms with E-state index in [4.69, 9.17) is 4.74 Å². The lowest BCUT2D eigenvalue weighted by atomic mass is 9.80. The van der Waals surface area contributed by atoms with Gasteiger partial charge in [-0.3, -0.25) is 0 Å². The van der Waals surface area contributed by atoms with Crippen LogP contribution in [0.4, 0.5) is 0 Å². The number of ether oxygens (including phenoxy) is 1. The fourth-order valence-electron chi connectivity index (χ4n) is 1.86. The highest BCUT2D eigenvalue weighted by molar-refractivity contribution is 4.80. The smallest absolute Gasteiger partial charge is 0.0580 e. The van der Waals surface area contributed by atoms with Gasteiger partial charge in [0.15, 0.2) is 0 Å². The summed E-state index contributed by atoms with van der Waals surface area (Å²) in [6, 6.07) is 0.628. The average Bonchev–Trinajstić information content (AvgIpc) is 1.99. The van der Waals surface area contributed by atoms with Gasteiger partial charge >= 0.3 is 0 Å². The first-order valence-corrected chi connectivity index (χ1v) is 5.57. The van der Waals surface area contributed by atoms with Crippen molar-refractivity contribution in [2.75, 3.05) is 13.2 Å². The Bertz CT molecular complexity index is 130. The molecule has 0 heterocycles. The van der Waals surface area contributed by atoms with E-state index in [1.54, 1.807) is 0 Å². The molecule has 1 aliphatic rings. The maximum atomic E-state index is 5.52. The second kappa shape index (κ2) is 5.61. The molecule has 1 N–H and O–H groups in total. The third-order valence-corrected chi connectivity index (χ3v) is 2.70.